The Morgan fingerprint density at radius 3 is 3.00 bits per heavy atom. The predicted octanol–water partition coefficient (Wildman–Crippen LogP) is -0.391. The molecule has 1 saturated heterocycles. The van der Waals surface area contributed by atoms with Gasteiger partial charge in [0.2, 0.25) is 0 Å². The van der Waals surface area contributed by atoms with Crippen molar-refractivity contribution in [3.63, 3.8) is 0 Å². The van der Waals surface area contributed by atoms with E-state index in [0.717, 1.165) is 19.6 Å². The number of nitrogens with zero attached hydrogens (tertiary/aromatic N) is 2. The van der Waals surface area contributed by atoms with Gasteiger partial charge in [-0.25, -0.2) is 0 Å². The van der Waals surface area contributed by atoms with Gasteiger partial charge in [-0.15, -0.1) is 0 Å². The molecule has 0 radical (unpaired) electrons. The van der Waals surface area contributed by atoms with Crippen LogP contribution in [-0.4, -0.2) is 87.6 Å². The highest BCUT2D eigenvalue weighted by Gasteiger charge is 2.22. The Hall–Kier alpha value is -0.200. The van der Waals surface area contributed by atoms with Crippen LogP contribution in [0.5, 0.6) is 0 Å². The van der Waals surface area contributed by atoms with Crippen molar-refractivity contribution in [1.29, 1.82) is 0 Å². The summed E-state index contributed by atoms with van der Waals surface area (Å²) in [5.74, 6) is 0. The Labute approximate surface area is 111 Å². The Kier molecular flexibility index (Phi) is 7.77. The quantitative estimate of drug-likeness (QED) is 0.581. The second-order valence-corrected chi connectivity index (χ2v) is 5.35. The average Bonchev–Trinajstić information content (AvgIpc) is 2.34. The maximum Gasteiger partial charge on any atom is 0.0791 e. The van der Waals surface area contributed by atoms with Crippen molar-refractivity contribution in [2.24, 2.45) is 0 Å². The predicted molar refractivity (Wildman–Crippen MR) is 73.9 cm³/mol. The second kappa shape index (κ2) is 8.82. The monoisotopic (exact) mass is 259 g/mol. The van der Waals surface area contributed by atoms with Gasteiger partial charge >= 0.3 is 0 Å². The maximum atomic E-state index is 9.96. The van der Waals surface area contributed by atoms with Crippen molar-refractivity contribution >= 4 is 0 Å². The van der Waals surface area contributed by atoms with E-state index in [-0.39, 0.29) is 6.10 Å². The standard InChI is InChI=1S/C13H29N3O2/c1-15-7-4-5-12(10-15)16(2)11-13(17)9-14-6-8-18-3/h12-14,17H,4-11H2,1-3H3. The molecule has 1 aliphatic rings. The minimum absolute atomic E-state index is 0.306. The molecular formula is C13H29N3O2. The lowest BCUT2D eigenvalue weighted by molar-refractivity contribution is 0.0730. The summed E-state index contributed by atoms with van der Waals surface area (Å²) in [5, 5.41) is 13.1. The van der Waals surface area contributed by atoms with Crippen LogP contribution < -0.4 is 5.32 Å². The van der Waals surface area contributed by atoms with E-state index in [1.54, 1.807) is 7.11 Å². The molecule has 5 heteroatoms. The normalized spacial score (nSPS) is 23.5. The van der Waals surface area contributed by atoms with Gasteiger partial charge < -0.3 is 20.1 Å². The largest absolute Gasteiger partial charge is 0.390 e. The number of rotatable bonds is 8. The van der Waals surface area contributed by atoms with Gasteiger partial charge in [0.25, 0.3) is 0 Å². The molecule has 2 unspecified atom stereocenters. The number of piperidine rings is 1. The molecule has 0 amide bonds. The Bertz CT molecular complexity index is 216. The first kappa shape index (κ1) is 15.9. The molecule has 1 heterocycles. The zero-order valence-corrected chi connectivity index (χ0v) is 12.1. The SMILES string of the molecule is COCCNCC(O)CN(C)C1CCCN(C)C1. The van der Waals surface area contributed by atoms with E-state index in [2.05, 4.69) is 29.2 Å². The third-order valence-corrected chi connectivity index (χ3v) is 3.58. The van der Waals surface area contributed by atoms with Crippen molar-refractivity contribution in [2.45, 2.75) is 25.0 Å². The van der Waals surface area contributed by atoms with Gasteiger partial charge in [0.05, 0.1) is 12.7 Å². The van der Waals surface area contributed by atoms with E-state index in [1.165, 1.54) is 19.4 Å². The summed E-state index contributed by atoms with van der Waals surface area (Å²) in [4.78, 5) is 4.66. The van der Waals surface area contributed by atoms with Crippen molar-refractivity contribution in [1.82, 2.24) is 15.1 Å². The maximum absolute atomic E-state index is 9.96. The van der Waals surface area contributed by atoms with Crippen molar-refractivity contribution < 1.29 is 9.84 Å². The molecule has 1 aliphatic heterocycles. The van der Waals surface area contributed by atoms with Gasteiger partial charge in [-0.1, -0.05) is 0 Å². The van der Waals surface area contributed by atoms with Crippen LogP contribution >= 0.6 is 0 Å². The molecule has 0 aromatic rings. The first-order chi connectivity index (χ1) is 8.63. The molecule has 0 spiro atoms. The first-order valence-corrected chi connectivity index (χ1v) is 6.90. The summed E-state index contributed by atoms with van der Waals surface area (Å²) >= 11 is 0. The number of nitrogens with one attached hydrogen (secondary N) is 1. The van der Waals surface area contributed by atoms with Crippen LogP contribution in [0.1, 0.15) is 12.8 Å². The molecule has 0 aliphatic carbocycles. The highest BCUT2D eigenvalue weighted by Crippen LogP contribution is 2.13. The number of hydrogen-bond acceptors (Lipinski definition) is 5. The number of hydrogen-bond donors (Lipinski definition) is 2. The average molecular weight is 259 g/mol. The number of likely N-dealkylation sites (N-methyl/N-ethyl adjacent to an activating group) is 2. The van der Waals surface area contributed by atoms with Gasteiger partial charge in [-0.3, -0.25) is 4.90 Å². The van der Waals surface area contributed by atoms with Crippen LogP contribution in [0.15, 0.2) is 0 Å². The summed E-state index contributed by atoms with van der Waals surface area (Å²) in [6.45, 7) is 5.17. The lowest BCUT2D eigenvalue weighted by Crippen LogP contribution is -2.48. The molecule has 1 rings (SSSR count). The van der Waals surface area contributed by atoms with Crippen LogP contribution in [0.2, 0.25) is 0 Å². The smallest absolute Gasteiger partial charge is 0.0791 e. The minimum Gasteiger partial charge on any atom is -0.390 e. The van der Waals surface area contributed by atoms with Gasteiger partial charge in [-0.05, 0) is 33.5 Å². The fourth-order valence-corrected chi connectivity index (χ4v) is 2.49. The Balaban J connectivity index is 2.15. The molecule has 108 valence electrons. The summed E-state index contributed by atoms with van der Waals surface area (Å²) < 4.78 is 4.95. The van der Waals surface area contributed by atoms with E-state index in [0.29, 0.717) is 19.2 Å². The van der Waals surface area contributed by atoms with Crippen molar-refractivity contribution in [3.8, 4) is 0 Å². The number of aliphatic hydroxyl groups is 1. The lowest BCUT2D eigenvalue weighted by atomic mass is 10.0. The molecule has 2 N–H and O–H groups in total. The number of methoxy groups -OCH3 is 1. The van der Waals surface area contributed by atoms with Gasteiger partial charge in [0, 0.05) is 39.3 Å². The van der Waals surface area contributed by atoms with Crippen LogP contribution in [-0.2, 0) is 4.74 Å². The van der Waals surface area contributed by atoms with Gasteiger partial charge in [0.15, 0.2) is 0 Å². The highest BCUT2D eigenvalue weighted by atomic mass is 16.5. The van der Waals surface area contributed by atoms with Gasteiger partial charge in [0.1, 0.15) is 0 Å². The molecular weight excluding hydrogens is 230 g/mol. The fraction of sp³-hybridized carbons (Fsp3) is 1.00. The summed E-state index contributed by atoms with van der Waals surface area (Å²) in [6, 6.07) is 0.581. The van der Waals surface area contributed by atoms with E-state index in [1.807, 2.05) is 0 Å². The fourth-order valence-electron chi connectivity index (χ4n) is 2.49. The van der Waals surface area contributed by atoms with Crippen LogP contribution in [0.4, 0.5) is 0 Å². The second-order valence-electron chi connectivity index (χ2n) is 5.35. The number of aliphatic hydroxyl groups excluding tert-OH is 1. The molecule has 2 atom stereocenters. The van der Waals surface area contributed by atoms with Crippen LogP contribution in [0.3, 0.4) is 0 Å². The van der Waals surface area contributed by atoms with Gasteiger partial charge in [-0.2, -0.15) is 0 Å². The molecule has 0 bridgehead atoms. The third kappa shape index (κ3) is 6.11. The molecule has 5 nitrogen and oxygen atoms in total. The highest BCUT2D eigenvalue weighted by molar-refractivity contribution is 4.79. The number of likely N-dealkylation sites (tertiary alicyclic amines) is 1. The van der Waals surface area contributed by atoms with Crippen molar-refractivity contribution in [3.05, 3.63) is 0 Å². The Morgan fingerprint density at radius 1 is 1.56 bits per heavy atom. The zero-order valence-electron chi connectivity index (χ0n) is 12.1. The van der Waals surface area contributed by atoms with Crippen molar-refractivity contribution in [2.75, 3.05) is 60.5 Å². The van der Waals surface area contributed by atoms with E-state index < -0.39 is 0 Å². The number of ether oxygens (including phenoxy) is 1. The Morgan fingerprint density at radius 2 is 2.33 bits per heavy atom. The minimum atomic E-state index is -0.306. The third-order valence-electron chi connectivity index (χ3n) is 3.58. The molecule has 0 saturated carbocycles. The molecule has 0 aromatic carbocycles. The first-order valence-electron chi connectivity index (χ1n) is 6.90. The van der Waals surface area contributed by atoms with E-state index in [4.69, 9.17) is 4.74 Å². The molecule has 1 fully saturated rings. The summed E-state index contributed by atoms with van der Waals surface area (Å²) in [6.07, 6.45) is 2.19. The molecule has 0 aromatic heterocycles. The zero-order chi connectivity index (χ0) is 13.4. The lowest BCUT2D eigenvalue weighted by Gasteiger charge is -2.36. The van der Waals surface area contributed by atoms with E-state index >= 15 is 0 Å². The van der Waals surface area contributed by atoms with Crippen LogP contribution in [0.25, 0.3) is 0 Å². The summed E-state index contributed by atoms with van der Waals surface area (Å²) in [7, 11) is 5.97. The molecule has 18 heavy (non-hydrogen) atoms. The van der Waals surface area contributed by atoms with E-state index in [9.17, 15) is 5.11 Å². The van der Waals surface area contributed by atoms with Crippen LogP contribution in [0, 0.1) is 0 Å². The summed E-state index contributed by atoms with van der Waals surface area (Å²) in [5.41, 5.74) is 0. The topological polar surface area (TPSA) is 48.0 Å².